The number of carbonyl (C=O) groups is 1. The Balaban J connectivity index is 1.66. The molecule has 4 aromatic rings. The number of halogens is 1. The molecule has 7 nitrogen and oxygen atoms in total. The number of methoxy groups -OCH3 is 1. The SMILES string of the molecule is CCOC(=O)C1=C(c2ccccc2)Nc2nc(SCc3ccccc3Cl)[nH]c(=O)c2C1c1ccc(OC)cc1. The first-order valence-electron chi connectivity index (χ1n) is 12.4. The van der Waals surface area contributed by atoms with Crippen molar-refractivity contribution in [2.75, 3.05) is 19.0 Å². The molecule has 39 heavy (non-hydrogen) atoms. The van der Waals surface area contributed by atoms with E-state index in [2.05, 4.69) is 10.3 Å². The van der Waals surface area contributed by atoms with Crippen LogP contribution in [0, 0.1) is 0 Å². The highest BCUT2D eigenvalue weighted by atomic mass is 35.5. The molecule has 0 amide bonds. The maximum atomic E-state index is 13.7. The molecule has 3 aromatic carbocycles. The lowest BCUT2D eigenvalue weighted by atomic mass is 9.81. The van der Waals surface area contributed by atoms with Crippen molar-refractivity contribution in [3.63, 3.8) is 0 Å². The van der Waals surface area contributed by atoms with E-state index in [-0.39, 0.29) is 12.2 Å². The van der Waals surface area contributed by atoms with Crippen LogP contribution < -0.4 is 15.6 Å². The molecule has 0 fully saturated rings. The highest BCUT2D eigenvalue weighted by Crippen LogP contribution is 2.43. The lowest BCUT2D eigenvalue weighted by molar-refractivity contribution is -0.138. The topological polar surface area (TPSA) is 93.3 Å². The number of carbonyl (C=O) groups excluding carboxylic acids is 1. The van der Waals surface area contributed by atoms with Crippen molar-refractivity contribution < 1.29 is 14.3 Å². The zero-order chi connectivity index (χ0) is 27.4. The summed E-state index contributed by atoms with van der Waals surface area (Å²) in [5, 5.41) is 4.39. The quantitative estimate of drug-likeness (QED) is 0.150. The van der Waals surface area contributed by atoms with E-state index in [1.165, 1.54) is 11.8 Å². The Morgan fingerprint density at radius 3 is 2.44 bits per heavy atom. The van der Waals surface area contributed by atoms with E-state index in [1.54, 1.807) is 26.2 Å². The molecule has 1 aliphatic heterocycles. The number of aromatic nitrogens is 2. The summed E-state index contributed by atoms with van der Waals surface area (Å²) in [6.07, 6.45) is 0. The van der Waals surface area contributed by atoms with Crippen molar-refractivity contribution in [2.45, 2.75) is 23.8 Å². The first-order chi connectivity index (χ1) is 19.0. The maximum Gasteiger partial charge on any atom is 0.337 e. The van der Waals surface area contributed by atoms with E-state index in [0.717, 1.165) is 16.7 Å². The van der Waals surface area contributed by atoms with Gasteiger partial charge in [0.1, 0.15) is 11.6 Å². The standard InChI is InChI=1S/C30H26ClN3O4S/c1-3-38-29(36)24-23(18-13-15-21(37-2)16-14-18)25-27(32-26(24)19-9-5-4-6-10-19)33-30(34-28(25)35)39-17-20-11-7-8-12-22(20)31/h4-16,23H,3,17H2,1-2H3,(H2,32,33,34,35). The largest absolute Gasteiger partial charge is 0.497 e. The minimum absolute atomic E-state index is 0.193. The van der Waals surface area contributed by atoms with E-state index in [1.807, 2.05) is 66.7 Å². The first-order valence-corrected chi connectivity index (χ1v) is 13.7. The Kier molecular flexibility index (Phi) is 8.05. The second-order valence-electron chi connectivity index (χ2n) is 8.72. The number of esters is 1. The molecule has 0 saturated carbocycles. The van der Waals surface area contributed by atoms with Gasteiger partial charge in [-0.05, 0) is 41.8 Å². The number of ether oxygens (including phenoxy) is 2. The number of nitrogens with zero attached hydrogens (tertiary/aromatic N) is 1. The molecule has 2 N–H and O–H groups in total. The van der Waals surface area contributed by atoms with E-state index in [4.69, 9.17) is 26.1 Å². The predicted octanol–water partition coefficient (Wildman–Crippen LogP) is 6.26. The van der Waals surface area contributed by atoms with Crippen molar-refractivity contribution in [1.29, 1.82) is 0 Å². The fourth-order valence-corrected chi connectivity index (χ4v) is 5.67. The molecule has 1 atom stereocenters. The molecule has 0 saturated heterocycles. The average molecular weight is 560 g/mol. The highest BCUT2D eigenvalue weighted by Gasteiger charge is 2.38. The lowest BCUT2D eigenvalue weighted by Crippen LogP contribution is -2.31. The van der Waals surface area contributed by atoms with Gasteiger partial charge in [0, 0.05) is 10.8 Å². The smallest absolute Gasteiger partial charge is 0.337 e. The van der Waals surface area contributed by atoms with Crippen LogP contribution in [0.1, 0.15) is 35.1 Å². The predicted molar refractivity (Wildman–Crippen MR) is 154 cm³/mol. The summed E-state index contributed by atoms with van der Waals surface area (Å²) in [4.78, 5) is 34.8. The summed E-state index contributed by atoms with van der Waals surface area (Å²) in [7, 11) is 1.59. The number of nitrogens with one attached hydrogen (secondary N) is 2. The van der Waals surface area contributed by atoms with Gasteiger partial charge in [0.05, 0.1) is 36.5 Å². The van der Waals surface area contributed by atoms with E-state index in [0.29, 0.717) is 44.3 Å². The van der Waals surface area contributed by atoms with E-state index < -0.39 is 11.9 Å². The Morgan fingerprint density at radius 2 is 1.74 bits per heavy atom. The van der Waals surface area contributed by atoms with Crippen molar-refractivity contribution >= 4 is 40.8 Å². The second kappa shape index (κ2) is 11.8. The zero-order valence-corrected chi connectivity index (χ0v) is 22.9. The lowest BCUT2D eigenvalue weighted by Gasteiger charge is -2.30. The molecule has 0 aliphatic carbocycles. The summed E-state index contributed by atoms with van der Waals surface area (Å²) >= 11 is 7.70. The minimum atomic E-state index is -0.722. The van der Waals surface area contributed by atoms with Gasteiger partial charge in [0.2, 0.25) is 0 Å². The number of aromatic amines is 1. The maximum absolute atomic E-state index is 13.7. The van der Waals surface area contributed by atoms with Crippen LogP contribution in [0.4, 0.5) is 5.82 Å². The van der Waals surface area contributed by atoms with Crippen LogP contribution in [0.3, 0.4) is 0 Å². The van der Waals surface area contributed by atoms with Gasteiger partial charge in [0.25, 0.3) is 5.56 Å². The molecule has 1 aromatic heterocycles. The molecular weight excluding hydrogens is 534 g/mol. The van der Waals surface area contributed by atoms with Gasteiger partial charge in [-0.1, -0.05) is 84.0 Å². The fourth-order valence-electron chi connectivity index (χ4n) is 4.52. The van der Waals surface area contributed by atoms with Gasteiger partial charge in [-0.25, -0.2) is 9.78 Å². The highest BCUT2D eigenvalue weighted by molar-refractivity contribution is 7.98. The summed E-state index contributed by atoms with van der Waals surface area (Å²) in [5.41, 5.74) is 3.32. The van der Waals surface area contributed by atoms with Crippen LogP contribution in [0.25, 0.3) is 5.70 Å². The minimum Gasteiger partial charge on any atom is -0.497 e. The summed E-state index contributed by atoms with van der Waals surface area (Å²) in [5.74, 6) is 0.343. The van der Waals surface area contributed by atoms with Crippen LogP contribution in [0.15, 0.2) is 94.4 Å². The van der Waals surface area contributed by atoms with Crippen LogP contribution >= 0.6 is 23.4 Å². The van der Waals surface area contributed by atoms with Crippen LogP contribution in [-0.4, -0.2) is 29.7 Å². The number of thioether (sulfide) groups is 1. The van der Waals surface area contributed by atoms with Crippen LogP contribution in [0.5, 0.6) is 5.75 Å². The number of rotatable bonds is 8. The second-order valence-corrected chi connectivity index (χ2v) is 10.1. The zero-order valence-electron chi connectivity index (χ0n) is 21.4. The number of hydrogen-bond donors (Lipinski definition) is 2. The number of H-pyrrole nitrogens is 1. The normalized spacial score (nSPS) is 14.4. The van der Waals surface area contributed by atoms with Crippen molar-refractivity contribution in [3.05, 3.63) is 122 Å². The molecule has 0 spiro atoms. The molecule has 1 unspecified atom stereocenters. The molecule has 5 rings (SSSR count). The summed E-state index contributed by atoms with van der Waals surface area (Å²) in [6.45, 7) is 1.95. The van der Waals surface area contributed by atoms with Gasteiger partial charge in [0.15, 0.2) is 5.16 Å². The molecule has 2 heterocycles. The average Bonchev–Trinajstić information content (AvgIpc) is 2.96. The van der Waals surface area contributed by atoms with Crippen LogP contribution in [0.2, 0.25) is 5.02 Å². The van der Waals surface area contributed by atoms with Gasteiger partial charge >= 0.3 is 5.97 Å². The summed E-state index contributed by atoms with van der Waals surface area (Å²) in [6, 6.07) is 24.3. The van der Waals surface area contributed by atoms with Gasteiger partial charge in [-0.3, -0.25) is 4.79 Å². The van der Waals surface area contributed by atoms with Crippen molar-refractivity contribution in [3.8, 4) is 5.75 Å². The Morgan fingerprint density at radius 1 is 1.03 bits per heavy atom. The molecule has 1 aliphatic rings. The third kappa shape index (κ3) is 5.57. The Labute approximate surface area is 235 Å². The third-order valence-corrected chi connectivity index (χ3v) is 7.64. The van der Waals surface area contributed by atoms with Gasteiger partial charge in [-0.2, -0.15) is 0 Å². The number of anilines is 1. The van der Waals surface area contributed by atoms with Crippen molar-refractivity contribution in [1.82, 2.24) is 9.97 Å². The van der Waals surface area contributed by atoms with E-state index in [9.17, 15) is 9.59 Å². The van der Waals surface area contributed by atoms with E-state index >= 15 is 0 Å². The van der Waals surface area contributed by atoms with Crippen LogP contribution in [-0.2, 0) is 15.3 Å². The van der Waals surface area contributed by atoms with Crippen molar-refractivity contribution in [2.24, 2.45) is 0 Å². The summed E-state index contributed by atoms with van der Waals surface area (Å²) < 4.78 is 10.8. The Bertz CT molecular complexity index is 1590. The first kappa shape index (κ1) is 26.6. The van der Waals surface area contributed by atoms with Gasteiger partial charge < -0.3 is 19.8 Å². The molecule has 198 valence electrons. The molecule has 0 bridgehead atoms. The fraction of sp³-hybridized carbons (Fsp3) is 0.167. The third-order valence-electron chi connectivity index (χ3n) is 6.35. The molecule has 9 heteroatoms. The number of benzene rings is 3. The molecule has 0 radical (unpaired) electrons. The number of hydrogen-bond acceptors (Lipinski definition) is 7. The Hall–Kier alpha value is -4.01. The monoisotopic (exact) mass is 559 g/mol. The molecular formula is C30H26ClN3O4S. The van der Waals surface area contributed by atoms with Gasteiger partial charge in [-0.15, -0.1) is 0 Å². The number of fused-ring (bicyclic) bond motifs is 1.